The Morgan fingerprint density at radius 1 is 1.39 bits per heavy atom. The third-order valence-electron chi connectivity index (χ3n) is 3.17. The first-order valence-corrected chi connectivity index (χ1v) is 8.06. The molecule has 0 aliphatic rings. The molecular formula is C13H16F3NO5S. The summed E-state index contributed by atoms with van der Waals surface area (Å²) < 4.78 is 68.4. The number of rotatable bonds is 8. The van der Waals surface area contributed by atoms with E-state index < -0.39 is 51.0 Å². The summed E-state index contributed by atoms with van der Waals surface area (Å²) in [5, 5.41) is 9.10. The fourth-order valence-electron chi connectivity index (χ4n) is 1.76. The lowest BCUT2D eigenvalue weighted by Crippen LogP contribution is -2.45. The molecule has 1 aromatic carbocycles. The van der Waals surface area contributed by atoms with E-state index in [4.69, 9.17) is 5.11 Å². The molecular weight excluding hydrogens is 339 g/mol. The second kappa shape index (κ2) is 7.64. The number of aliphatic carboxylic acids is 1. The van der Waals surface area contributed by atoms with Gasteiger partial charge in [0, 0.05) is 0 Å². The highest BCUT2D eigenvalue weighted by Crippen LogP contribution is 2.27. The molecule has 130 valence electrons. The van der Waals surface area contributed by atoms with Gasteiger partial charge in [0.15, 0.2) is 0 Å². The van der Waals surface area contributed by atoms with Crippen molar-refractivity contribution < 1.29 is 36.2 Å². The van der Waals surface area contributed by atoms with Crippen LogP contribution in [0.25, 0.3) is 0 Å². The number of hydrogen-bond donors (Lipinski definition) is 2. The predicted octanol–water partition coefficient (Wildman–Crippen LogP) is 2.20. The molecule has 0 amide bonds. The van der Waals surface area contributed by atoms with E-state index in [1.54, 1.807) is 6.92 Å². The van der Waals surface area contributed by atoms with Gasteiger partial charge in [-0.05, 0) is 24.1 Å². The quantitative estimate of drug-likeness (QED) is 0.746. The predicted molar refractivity (Wildman–Crippen MR) is 74.2 cm³/mol. The van der Waals surface area contributed by atoms with Gasteiger partial charge < -0.3 is 9.84 Å². The number of carbonyl (C=O) groups is 1. The first kappa shape index (κ1) is 19.2. The fourth-order valence-corrected chi connectivity index (χ4v) is 3.20. The summed E-state index contributed by atoms with van der Waals surface area (Å²) in [4.78, 5) is 10.3. The van der Waals surface area contributed by atoms with Crippen molar-refractivity contribution in [3.8, 4) is 5.75 Å². The maximum atomic E-state index is 13.3. The van der Waals surface area contributed by atoms with Gasteiger partial charge in [-0.3, -0.25) is 4.79 Å². The van der Waals surface area contributed by atoms with Gasteiger partial charge >= 0.3 is 12.6 Å². The second-order valence-electron chi connectivity index (χ2n) is 4.79. The Morgan fingerprint density at radius 2 is 2.00 bits per heavy atom. The lowest BCUT2D eigenvalue weighted by Gasteiger charge is -2.21. The molecule has 1 rings (SSSR count). The summed E-state index contributed by atoms with van der Waals surface area (Å²) in [5.74, 6) is -3.78. The third kappa shape index (κ3) is 5.10. The zero-order chi connectivity index (χ0) is 17.8. The minimum atomic E-state index is -4.59. The van der Waals surface area contributed by atoms with Crippen LogP contribution in [0.15, 0.2) is 23.1 Å². The van der Waals surface area contributed by atoms with E-state index in [-0.39, 0.29) is 0 Å². The fraction of sp³-hybridized carbons (Fsp3) is 0.462. The lowest BCUT2D eigenvalue weighted by atomic mass is 10.0. The number of nitrogens with one attached hydrogen (secondary N) is 1. The molecule has 0 fully saturated rings. The van der Waals surface area contributed by atoms with Crippen LogP contribution in [0.2, 0.25) is 0 Å². The molecule has 2 N–H and O–H groups in total. The minimum absolute atomic E-state index is 0.350. The van der Waals surface area contributed by atoms with Gasteiger partial charge in [0.1, 0.15) is 22.5 Å². The second-order valence-corrected chi connectivity index (χ2v) is 6.47. The number of benzene rings is 1. The Hall–Kier alpha value is -1.81. The van der Waals surface area contributed by atoms with E-state index in [0.717, 1.165) is 12.1 Å². The van der Waals surface area contributed by atoms with E-state index in [2.05, 4.69) is 4.74 Å². The first-order chi connectivity index (χ1) is 10.6. The van der Waals surface area contributed by atoms with Gasteiger partial charge in [-0.15, -0.1) is 0 Å². The number of carboxylic acids is 1. The van der Waals surface area contributed by atoms with Crippen molar-refractivity contribution in [2.75, 3.05) is 0 Å². The summed E-state index contributed by atoms with van der Waals surface area (Å²) in [7, 11) is -4.59. The minimum Gasteiger partial charge on any atom is -0.480 e. The highest BCUT2D eigenvalue weighted by atomic mass is 32.2. The Balaban J connectivity index is 3.26. The molecule has 0 spiro atoms. The maximum absolute atomic E-state index is 13.3. The van der Waals surface area contributed by atoms with Crippen molar-refractivity contribution in [2.45, 2.75) is 37.8 Å². The number of sulfonamides is 1. The number of ether oxygens (including phenoxy) is 1. The Labute approximate surface area is 131 Å². The summed E-state index contributed by atoms with van der Waals surface area (Å²) in [6.45, 7) is -0.162. The largest absolute Gasteiger partial charge is 0.480 e. The average molecular weight is 355 g/mol. The van der Waals surface area contributed by atoms with Crippen molar-refractivity contribution in [1.82, 2.24) is 4.72 Å². The first-order valence-electron chi connectivity index (χ1n) is 6.58. The van der Waals surface area contributed by atoms with E-state index in [1.165, 1.54) is 6.92 Å². The van der Waals surface area contributed by atoms with Crippen molar-refractivity contribution in [1.29, 1.82) is 0 Å². The number of carboxylic acid groups (broad SMARTS) is 1. The number of halogens is 3. The van der Waals surface area contributed by atoms with E-state index in [9.17, 15) is 26.4 Å². The van der Waals surface area contributed by atoms with Crippen LogP contribution in [0, 0.1) is 11.7 Å². The molecule has 2 atom stereocenters. The van der Waals surface area contributed by atoms with Gasteiger partial charge in [-0.2, -0.15) is 13.5 Å². The monoisotopic (exact) mass is 355 g/mol. The summed E-state index contributed by atoms with van der Waals surface area (Å²) >= 11 is 0. The molecule has 0 bridgehead atoms. The van der Waals surface area contributed by atoms with Crippen LogP contribution < -0.4 is 9.46 Å². The van der Waals surface area contributed by atoms with Crippen molar-refractivity contribution in [3.05, 3.63) is 24.0 Å². The molecule has 0 saturated carbocycles. The molecule has 1 aromatic rings. The van der Waals surface area contributed by atoms with Crippen LogP contribution in [0.5, 0.6) is 5.75 Å². The molecule has 0 aliphatic carbocycles. The molecule has 10 heteroatoms. The van der Waals surface area contributed by atoms with Crippen molar-refractivity contribution >= 4 is 16.0 Å². The van der Waals surface area contributed by atoms with Gasteiger partial charge in [-0.1, -0.05) is 20.3 Å². The molecule has 0 radical (unpaired) electrons. The molecule has 0 aromatic heterocycles. The maximum Gasteiger partial charge on any atom is 0.387 e. The molecule has 0 aliphatic heterocycles. The van der Waals surface area contributed by atoms with Crippen LogP contribution in [-0.2, 0) is 14.8 Å². The molecule has 0 unspecified atom stereocenters. The standard InChI is InChI=1S/C13H16F3NO5S/c1-3-7(2)11(12(18)19)17-23(20,21)10-6-8(14)4-5-9(10)22-13(15)16/h4-7,11,13,17H,3H2,1-2H3,(H,18,19)/t7-,11-/m0/s1. The summed E-state index contributed by atoms with van der Waals surface area (Å²) in [5.41, 5.74) is 0. The van der Waals surface area contributed by atoms with E-state index in [0.29, 0.717) is 12.5 Å². The van der Waals surface area contributed by atoms with Crippen molar-refractivity contribution in [3.63, 3.8) is 0 Å². The zero-order valence-corrected chi connectivity index (χ0v) is 13.1. The lowest BCUT2D eigenvalue weighted by molar-refractivity contribution is -0.140. The SMILES string of the molecule is CC[C@H](C)[C@H](NS(=O)(=O)c1cc(F)ccc1OC(F)F)C(=O)O. The third-order valence-corrected chi connectivity index (χ3v) is 4.63. The van der Waals surface area contributed by atoms with Crippen LogP contribution in [0.3, 0.4) is 0 Å². The molecule has 0 heterocycles. The van der Waals surface area contributed by atoms with Gasteiger partial charge in [0.2, 0.25) is 10.0 Å². The normalized spacial score (nSPS) is 14.5. The Kier molecular flexibility index (Phi) is 6.39. The number of hydrogen-bond acceptors (Lipinski definition) is 4. The highest BCUT2D eigenvalue weighted by Gasteiger charge is 2.31. The van der Waals surface area contributed by atoms with Crippen molar-refractivity contribution in [2.24, 2.45) is 5.92 Å². The molecule has 0 saturated heterocycles. The van der Waals surface area contributed by atoms with Crippen LogP contribution in [-0.4, -0.2) is 32.1 Å². The Bertz CT molecular complexity index is 666. The summed E-state index contributed by atoms with van der Waals surface area (Å²) in [6, 6.07) is 0.470. The summed E-state index contributed by atoms with van der Waals surface area (Å²) in [6.07, 6.45) is 0.350. The molecule has 6 nitrogen and oxygen atoms in total. The van der Waals surface area contributed by atoms with Gasteiger partial charge in [0.05, 0.1) is 0 Å². The Morgan fingerprint density at radius 3 is 2.48 bits per heavy atom. The van der Waals surface area contributed by atoms with E-state index >= 15 is 0 Å². The number of alkyl halides is 2. The van der Waals surface area contributed by atoms with Crippen LogP contribution in [0.1, 0.15) is 20.3 Å². The van der Waals surface area contributed by atoms with Crippen LogP contribution >= 0.6 is 0 Å². The highest BCUT2D eigenvalue weighted by molar-refractivity contribution is 7.89. The van der Waals surface area contributed by atoms with Gasteiger partial charge in [-0.25, -0.2) is 12.8 Å². The topological polar surface area (TPSA) is 92.7 Å². The van der Waals surface area contributed by atoms with Gasteiger partial charge in [0.25, 0.3) is 0 Å². The van der Waals surface area contributed by atoms with E-state index in [1.807, 2.05) is 4.72 Å². The average Bonchev–Trinajstić information content (AvgIpc) is 2.45. The zero-order valence-electron chi connectivity index (χ0n) is 12.3. The van der Waals surface area contributed by atoms with Crippen LogP contribution in [0.4, 0.5) is 13.2 Å². The smallest absolute Gasteiger partial charge is 0.387 e. The molecule has 23 heavy (non-hydrogen) atoms.